The molecule has 0 aliphatic heterocycles. The number of carboxylic acids is 1. The number of amides is 2. The van der Waals surface area contributed by atoms with Crippen molar-refractivity contribution in [2.75, 3.05) is 11.9 Å². The zero-order valence-corrected chi connectivity index (χ0v) is 11.6. The molecular formula is C13H15F3N2O4. The molecule has 9 heteroatoms. The highest BCUT2D eigenvalue weighted by Gasteiger charge is 2.38. The molecule has 0 aromatic heterocycles. The maximum Gasteiger partial charge on any atom is 0.425 e. The maximum atomic E-state index is 12.5. The number of hydrogen-bond donors (Lipinski definition) is 3. The molecule has 1 aromatic carbocycles. The summed E-state index contributed by atoms with van der Waals surface area (Å²) in [5.41, 5.74) is 0.0476. The number of hydrogen-bond acceptors (Lipinski definition) is 3. The summed E-state index contributed by atoms with van der Waals surface area (Å²) >= 11 is 0. The second-order valence-corrected chi connectivity index (χ2v) is 4.32. The van der Waals surface area contributed by atoms with Gasteiger partial charge in [-0.3, -0.25) is 4.79 Å². The molecule has 0 aliphatic carbocycles. The highest BCUT2D eigenvalue weighted by molar-refractivity contribution is 5.91. The smallest absolute Gasteiger partial charge is 0.425 e. The third kappa shape index (κ3) is 5.90. The molecule has 1 unspecified atom stereocenters. The van der Waals surface area contributed by atoms with Crippen LogP contribution in [0.1, 0.15) is 13.3 Å². The first kappa shape index (κ1) is 17.6. The van der Waals surface area contributed by atoms with Crippen molar-refractivity contribution >= 4 is 17.7 Å². The fourth-order valence-corrected chi connectivity index (χ4v) is 1.38. The fourth-order valence-electron chi connectivity index (χ4n) is 1.38. The van der Waals surface area contributed by atoms with Crippen LogP contribution in [0.15, 0.2) is 24.3 Å². The Bertz CT molecular complexity index is 534. The molecule has 1 aromatic rings. The van der Waals surface area contributed by atoms with Crippen molar-refractivity contribution in [2.45, 2.75) is 25.6 Å². The normalized spacial score (nSPS) is 12.4. The summed E-state index contributed by atoms with van der Waals surface area (Å²) in [4.78, 5) is 21.8. The van der Waals surface area contributed by atoms with Gasteiger partial charge in [-0.15, -0.1) is 0 Å². The number of alkyl halides is 3. The second kappa shape index (κ2) is 7.53. The molecule has 1 atom stereocenters. The van der Waals surface area contributed by atoms with Crippen molar-refractivity contribution in [3.05, 3.63) is 24.3 Å². The lowest BCUT2D eigenvalue weighted by Crippen LogP contribution is -2.33. The summed E-state index contributed by atoms with van der Waals surface area (Å²) in [5.74, 6) is -1.22. The van der Waals surface area contributed by atoms with Gasteiger partial charge in [0.05, 0.1) is 12.1 Å². The highest BCUT2D eigenvalue weighted by Crippen LogP contribution is 2.29. The first-order valence-electron chi connectivity index (χ1n) is 6.29. The Morgan fingerprint density at radius 2 is 1.95 bits per heavy atom. The van der Waals surface area contributed by atoms with E-state index in [2.05, 4.69) is 10.6 Å². The molecular weight excluding hydrogens is 305 g/mol. The number of aliphatic carboxylic acids is 1. The summed E-state index contributed by atoms with van der Waals surface area (Å²) in [7, 11) is 0. The van der Waals surface area contributed by atoms with Crippen LogP contribution in [0.3, 0.4) is 0 Å². The minimum absolute atomic E-state index is 0.0476. The quantitative estimate of drug-likeness (QED) is 0.752. The van der Waals surface area contributed by atoms with Crippen LogP contribution in [0.5, 0.6) is 5.75 Å². The van der Waals surface area contributed by atoms with Crippen LogP contribution in [0, 0.1) is 0 Å². The summed E-state index contributed by atoms with van der Waals surface area (Å²) in [6.07, 6.45) is -6.83. The average molecular weight is 320 g/mol. The maximum absolute atomic E-state index is 12.5. The molecule has 0 spiro atoms. The third-order valence-electron chi connectivity index (χ3n) is 2.52. The predicted octanol–water partition coefficient (Wildman–Crippen LogP) is 2.61. The number of nitrogens with one attached hydrogen (secondary N) is 2. The summed E-state index contributed by atoms with van der Waals surface area (Å²) in [6.45, 7) is 0.743. The van der Waals surface area contributed by atoms with Gasteiger partial charge in [-0.1, -0.05) is 12.1 Å². The second-order valence-electron chi connectivity index (χ2n) is 4.32. The first-order chi connectivity index (χ1) is 10.2. The molecule has 122 valence electrons. The Morgan fingerprint density at radius 1 is 1.32 bits per heavy atom. The number of halogens is 3. The lowest BCUT2D eigenvalue weighted by atomic mass is 10.3. The van der Waals surface area contributed by atoms with Crippen molar-refractivity contribution in [2.24, 2.45) is 0 Å². The van der Waals surface area contributed by atoms with E-state index in [0.29, 0.717) is 0 Å². The lowest BCUT2D eigenvalue weighted by molar-refractivity contribution is -0.189. The molecule has 0 aliphatic rings. The van der Waals surface area contributed by atoms with E-state index < -0.39 is 24.3 Å². The van der Waals surface area contributed by atoms with E-state index in [9.17, 15) is 22.8 Å². The molecule has 1 rings (SSSR count). The average Bonchev–Trinajstić information content (AvgIpc) is 2.39. The van der Waals surface area contributed by atoms with Crippen LogP contribution in [0.2, 0.25) is 0 Å². The van der Waals surface area contributed by atoms with Gasteiger partial charge in [-0.25, -0.2) is 4.79 Å². The van der Waals surface area contributed by atoms with E-state index in [0.717, 1.165) is 6.92 Å². The van der Waals surface area contributed by atoms with Gasteiger partial charge < -0.3 is 20.5 Å². The Hall–Kier alpha value is -2.45. The van der Waals surface area contributed by atoms with Gasteiger partial charge >= 0.3 is 18.2 Å². The molecule has 0 fully saturated rings. The lowest BCUT2D eigenvalue weighted by Gasteiger charge is -2.19. The van der Waals surface area contributed by atoms with Crippen molar-refractivity contribution in [3.8, 4) is 5.75 Å². The summed E-state index contributed by atoms with van der Waals surface area (Å²) in [5, 5.41) is 13.0. The van der Waals surface area contributed by atoms with Crippen LogP contribution in [0.4, 0.5) is 23.7 Å². The molecule has 22 heavy (non-hydrogen) atoms. The molecule has 0 bridgehead atoms. The van der Waals surface area contributed by atoms with E-state index in [1.807, 2.05) is 0 Å². The minimum atomic E-state index is -4.53. The molecule has 0 radical (unpaired) electrons. The number of anilines is 1. The molecule has 6 nitrogen and oxygen atoms in total. The van der Waals surface area contributed by atoms with Crippen molar-refractivity contribution < 1.29 is 32.6 Å². The predicted molar refractivity (Wildman–Crippen MR) is 71.9 cm³/mol. The van der Waals surface area contributed by atoms with Crippen molar-refractivity contribution in [3.63, 3.8) is 0 Å². The van der Waals surface area contributed by atoms with Gasteiger partial charge in [0.15, 0.2) is 6.10 Å². The number of ether oxygens (including phenoxy) is 1. The molecule has 2 amide bonds. The van der Waals surface area contributed by atoms with Gasteiger partial charge in [-0.05, 0) is 19.1 Å². The number of benzene rings is 1. The van der Waals surface area contributed by atoms with E-state index in [1.165, 1.54) is 24.3 Å². The van der Waals surface area contributed by atoms with Crippen LogP contribution in [0.25, 0.3) is 0 Å². The number of carboxylic acid groups (broad SMARTS) is 1. The van der Waals surface area contributed by atoms with Crippen LogP contribution >= 0.6 is 0 Å². The Morgan fingerprint density at radius 3 is 2.55 bits per heavy atom. The highest BCUT2D eigenvalue weighted by atomic mass is 19.4. The standard InChI is InChI=1S/C13H15F3N2O4/c1-8(13(14,15)16)22-10-5-3-2-4-9(10)18-12(21)17-7-6-11(19)20/h2-5,8H,6-7H2,1H3,(H,19,20)(H2,17,18,21). The van der Waals surface area contributed by atoms with Gasteiger partial charge in [0.1, 0.15) is 5.75 Å². The third-order valence-corrected chi connectivity index (χ3v) is 2.52. The number of para-hydroxylation sites is 2. The fraction of sp³-hybridized carbons (Fsp3) is 0.385. The van der Waals surface area contributed by atoms with Crippen molar-refractivity contribution in [1.29, 1.82) is 0 Å². The molecule has 0 saturated heterocycles. The van der Waals surface area contributed by atoms with Crippen LogP contribution < -0.4 is 15.4 Å². The number of urea groups is 1. The molecule has 0 saturated carbocycles. The minimum Gasteiger partial charge on any atom is -0.481 e. The van der Waals surface area contributed by atoms with Crippen LogP contribution in [-0.4, -0.2) is 35.9 Å². The largest absolute Gasteiger partial charge is 0.481 e. The Kier molecular flexibility index (Phi) is 6.02. The number of rotatable bonds is 6. The van der Waals surface area contributed by atoms with E-state index in [4.69, 9.17) is 9.84 Å². The zero-order chi connectivity index (χ0) is 16.8. The van der Waals surface area contributed by atoms with Gasteiger partial charge in [0, 0.05) is 6.54 Å². The topological polar surface area (TPSA) is 87.7 Å². The van der Waals surface area contributed by atoms with Crippen molar-refractivity contribution in [1.82, 2.24) is 5.32 Å². The molecule has 0 heterocycles. The SMILES string of the molecule is CC(Oc1ccccc1NC(=O)NCCC(=O)O)C(F)(F)F. The summed E-state index contributed by atoms with van der Waals surface area (Å²) in [6, 6.07) is 4.89. The van der Waals surface area contributed by atoms with Crippen LogP contribution in [-0.2, 0) is 4.79 Å². The Balaban J connectivity index is 2.67. The van der Waals surface area contributed by atoms with E-state index >= 15 is 0 Å². The van der Waals surface area contributed by atoms with E-state index in [1.54, 1.807) is 0 Å². The van der Waals surface area contributed by atoms with Gasteiger partial charge in [0.25, 0.3) is 0 Å². The zero-order valence-electron chi connectivity index (χ0n) is 11.6. The monoisotopic (exact) mass is 320 g/mol. The molecule has 3 N–H and O–H groups in total. The van der Waals surface area contributed by atoms with Gasteiger partial charge in [-0.2, -0.15) is 13.2 Å². The summed E-state index contributed by atoms with van der Waals surface area (Å²) < 4.78 is 42.3. The number of carbonyl (C=O) groups excluding carboxylic acids is 1. The van der Waals surface area contributed by atoms with Gasteiger partial charge in [0.2, 0.25) is 0 Å². The Labute approximate surface area is 124 Å². The first-order valence-corrected chi connectivity index (χ1v) is 6.29. The number of carbonyl (C=O) groups is 2. The van der Waals surface area contributed by atoms with E-state index in [-0.39, 0.29) is 24.4 Å².